The predicted octanol–water partition coefficient (Wildman–Crippen LogP) is 1.95. The van der Waals surface area contributed by atoms with Crippen LogP contribution >= 0.6 is 0 Å². The second-order valence-corrected chi connectivity index (χ2v) is 5.54. The number of rotatable bonds is 9. The van der Waals surface area contributed by atoms with Crippen molar-refractivity contribution in [2.45, 2.75) is 45.2 Å². The van der Waals surface area contributed by atoms with Gasteiger partial charge in [0.05, 0.1) is 0 Å². The van der Waals surface area contributed by atoms with E-state index in [0.717, 1.165) is 6.42 Å². The molecule has 3 N–H and O–H groups in total. The molecule has 0 aromatic carbocycles. The normalized spacial score (nSPS) is 24.6. The van der Waals surface area contributed by atoms with Crippen LogP contribution in [0.3, 0.4) is 0 Å². The number of carbonyl (C=O) groups is 2. The predicted molar refractivity (Wildman–Crippen MR) is 88.6 cm³/mol. The summed E-state index contributed by atoms with van der Waals surface area (Å²) < 4.78 is 5.54. The van der Waals surface area contributed by atoms with Crippen molar-refractivity contribution in [3.8, 4) is 0 Å². The van der Waals surface area contributed by atoms with Gasteiger partial charge >= 0.3 is 5.97 Å². The molecule has 0 radical (unpaired) electrons. The van der Waals surface area contributed by atoms with Crippen LogP contribution in [-0.4, -0.2) is 35.7 Å². The molecule has 3 atom stereocenters. The van der Waals surface area contributed by atoms with Gasteiger partial charge in [-0.1, -0.05) is 24.8 Å². The van der Waals surface area contributed by atoms with Crippen LogP contribution in [0.4, 0.5) is 0 Å². The number of aliphatic carboxylic acids is 1. The SMILES string of the molecule is C=CCO/C(=C\NC(C)=O)CC[C@H]1N[C@@H](C(=O)O)C[C@H]1/C=C\C. The Balaban J connectivity index is 2.66. The highest BCUT2D eigenvalue weighted by Gasteiger charge is 2.35. The molecule has 6 heteroatoms. The third-order valence-corrected chi connectivity index (χ3v) is 3.70. The second kappa shape index (κ2) is 9.84. The van der Waals surface area contributed by atoms with Crippen molar-refractivity contribution in [2.24, 2.45) is 5.92 Å². The zero-order valence-electron chi connectivity index (χ0n) is 13.7. The topological polar surface area (TPSA) is 87.7 Å². The van der Waals surface area contributed by atoms with Crippen LogP contribution in [0.5, 0.6) is 0 Å². The molecule has 1 rings (SSSR count). The molecule has 23 heavy (non-hydrogen) atoms. The monoisotopic (exact) mass is 322 g/mol. The first-order valence-corrected chi connectivity index (χ1v) is 7.79. The lowest BCUT2D eigenvalue weighted by Gasteiger charge is -2.18. The summed E-state index contributed by atoms with van der Waals surface area (Å²) in [5.41, 5.74) is 0. The molecule has 0 unspecified atom stereocenters. The number of hydrogen-bond acceptors (Lipinski definition) is 4. The summed E-state index contributed by atoms with van der Waals surface area (Å²) >= 11 is 0. The number of carboxylic acids is 1. The molecule has 0 spiro atoms. The minimum atomic E-state index is -0.820. The van der Waals surface area contributed by atoms with E-state index >= 15 is 0 Å². The summed E-state index contributed by atoms with van der Waals surface area (Å²) in [5.74, 6) is -0.150. The first kappa shape index (κ1) is 19.0. The standard InChI is InChI=1S/C17H26N2O4/c1-4-6-13-10-16(17(21)22)19-15(13)8-7-14(23-9-5-2)11-18-12(3)20/h4-6,11,13,15-16,19H,2,7-10H2,1,3H3,(H,18,20)(H,21,22)/b6-4-,14-11-/t13-,15-,16-/m1/s1. The third-order valence-electron chi connectivity index (χ3n) is 3.70. The van der Waals surface area contributed by atoms with Gasteiger partial charge in [-0.25, -0.2) is 0 Å². The highest BCUT2D eigenvalue weighted by Crippen LogP contribution is 2.26. The zero-order chi connectivity index (χ0) is 17.2. The van der Waals surface area contributed by atoms with Crippen LogP contribution in [0.15, 0.2) is 36.8 Å². The van der Waals surface area contributed by atoms with Gasteiger partial charge in [-0.05, 0) is 25.7 Å². The van der Waals surface area contributed by atoms with E-state index in [9.17, 15) is 14.7 Å². The molecule has 0 aromatic rings. The number of nitrogens with one attached hydrogen (secondary N) is 2. The minimum absolute atomic E-state index is 0.0698. The molecule has 1 fully saturated rings. The van der Waals surface area contributed by atoms with Gasteiger partial charge in [0, 0.05) is 25.6 Å². The molecule has 128 valence electrons. The molecule has 0 saturated carbocycles. The maximum atomic E-state index is 11.2. The highest BCUT2D eigenvalue weighted by molar-refractivity contribution is 5.74. The lowest BCUT2D eigenvalue weighted by atomic mass is 9.95. The molecular weight excluding hydrogens is 296 g/mol. The Labute approximate surface area is 137 Å². The van der Waals surface area contributed by atoms with E-state index in [1.807, 2.05) is 19.1 Å². The second-order valence-electron chi connectivity index (χ2n) is 5.54. The Kier molecular flexibility index (Phi) is 8.11. The number of allylic oxidation sites excluding steroid dienone is 2. The largest absolute Gasteiger partial charge is 0.492 e. The summed E-state index contributed by atoms with van der Waals surface area (Å²) in [4.78, 5) is 22.2. The van der Waals surface area contributed by atoms with Crippen molar-refractivity contribution in [3.05, 3.63) is 36.8 Å². The van der Waals surface area contributed by atoms with Gasteiger partial charge in [0.25, 0.3) is 0 Å². The molecule has 1 aliphatic heterocycles. The molecule has 1 aliphatic rings. The lowest BCUT2D eigenvalue weighted by molar-refractivity contribution is -0.139. The molecule has 1 saturated heterocycles. The van der Waals surface area contributed by atoms with E-state index in [2.05, 4.69) is 17.2 Å². The molecule has 0 bridgehead atoms. The minimum Gasteiger partial charge on any atom is -0.492 e. The molecule has 0 aromatic heterocycles. The summed E-state index contributed by atoms with van der Waals surface area (Å²) in [6.45, 7) is 7.33. The molecule has 1 heterocycles. The van der Waals surface area contributed by atoms with Crippen molar-refractivity contribution in [3.63, 3.8) is 0 Å². The van der Waals surface area contributed by atoms with Crippen molar-refractivity contribution in [2.75, 3.05) is 6.61 Å². The van der Waals surface area contributed by atoms with Crippen molar-refractivity contribution in [1.82, 2.24) is 10.6 Å². The zero-order valence-corrected chi connectivity index (χ0v) is 13.7. The van der Waals surface area contributed by atoms with Crippen LogP contribution in [0.25, 0.3) is 0 Å². The summed E-state index contributed by atoms with van der Waals surface area (Å²) in [6, 6.07) is -0.446. The Hall–Kier alpha value is -2.08. The van der Waals surface area contributed by atoms with Gasteiger partial charge in [-0.3, -0.25) is 9.59 Å². The molecule has 0 aliphatic carbocycles. The van der Waals surface area contributed by atoms with Gasteiger partial charge in [0.1, 0.15) is 18.4 Å². The Bertz CT molecular complexity index is 485. The number of amides is 1. The highest BCUT2D eigenvalue weighted by atomic mass is 16.5. The fraction of sp³-hybridized carbons (Fsp3) is 0.529. The van der Waals surface area contributed by atoms with Crippen molar-refractivity contribution in [1.29, 1.82) is 0 Å². The van der Waals surface area contributed by atoms with E-state index in [1.165, 1.54) is 6.92 Å². The quantitative estimate of drug-likeness (QED) is 0.446. The van der Waals surface area contributed by atoms with Gasteiger partial charge in [-0.2, -0.15) is 0 Å². The maximum absolute atomic E-state index is 11.2. The Morgan fingerprint density at radius 3 is 2.78 bits per heavy atom. The number of hydrogen-bond donors (Lipinski definition) is 3. The van der Waals surface area contributed by atoms with Gasteiger partial charge < -0.3 is 20.5 Å². The van der Waals surface area contributed by atoms with Gasteiger partial charge in [0.15, 0.2) is 0 Å². The Morgan fingerprint density at radius 1 is 1.48 bits per heavy atom. The van der Waals surface area contributed by atoms with E-state index < -0.39 is 12.0 Å². The average molecular weight is 322 g/mol. The van der Waals surface area contributed by atoms with Crippen molar-refractivity contribution >= 4 is 11.9 Å². The molecule has 1 amide bonds. The Morgan fingerprint density at radius 2 is 2.22 bits per heavy atom. The fourth-order valence-corrected chi connectivity index (χ4v) is 2.65. The van der Waals surface area contributed by atoms with Gasteiger partial charge in [0.2, 0.25) is 5.91 Å². The molecular formula is C17H26N2O4. The molecule has 6 nitrogen and oxygen atoms in total. The van der Waals surface area contributed by atoms with Gasteiger partial charge in [-0.15, -0.1) is 0 Å². The number of carboxylic acid groups (broad SMARTS) is 1. The maximum Gasteiger partial charge on any atom is 0.320 e. The van der Waals surface area contributed by atoms with Crippen LogP contribution in [-0.2, 0) is 14.3 Å². The first-order chi connectivity index (χ1) is 11.0. The van der Waals surface area contributed by atoms with Crippen LogP contribution in [0.2, 0.25) is 0 Å². The van der Waals surface area contributed by atoms with Crippen LogP contribution < -0.4 is 10.6 Å². The number of ether oxygens (including phenoxy) is 1. The van der Waals surface area contributed by atoms with E-state index in [4.69, 9.17) is 4.74 Å². The lowest BCUT2D eigenvalue weighted by Crippen LogP contribution is -2.36. The van der Waals surface area contributed by atoms with E-state index in [-0.39, 0.29) is 17.9 Å². The van der Waals surface area contributed by atoms with Crippen LogP contribution in [0, 0.1) is 5.92 Å². The van der Waals surface area contributed by atoms with E-state index in [1.54, 1.807) is 12.3 Å². The summed E-state index contributed by atoms with van der Waals surface area (Å²) in [7, 11) is 0. The average Bonchev–Trinajstić information content (AvgIpc) is 2.90. The first-order valence-electron chi connectivity index (χ1n) is 7.79. The number of carbonyl (C=O) groups excluding carboxylic acids is 1. The third kappa shape index (κ3) is 6.69. The summed E-state index contributed by atoms with van der Waals surface area (Å²) in [6.07, 6.45) is 9.10. The fourth-order valence-electron chi connectivity index (χ4n) is 2.65. The smallest absolute Gasteiger partial charge is 0.320 e. The van der Waals surface area contributed by atoms with Crippen LogP contribution in [0.1, 0.15) is 33.1 Å². The summed E-state index contributed by atoms with van der Waals surface area (Å²) in [5, 5.41) is 14.9. The van der Waals surface area contributed by atoms with Crippen molar-refractivity contribution < 1.29 is 19.4 Å². The van der Waals surface area contributed by atoms with E-state index in [0.29, 0.717) is 25.2 Å².